The van der Waals surface area contributed by atoms with Crippen molar-refractivity contribution in [2.75, 3.05) is 13.2 Å². The highest BCUT2D eigenvalue weighted by atomic mass is 16.2. The van der Waals surface area contributed by atoms with E-state index in [1.54, 1.807) is 0 Å². The van der Waals surface area contributed by atoms with Gasteiger partial charge < -0.3 is 16.2 Å². The summed E-state index contributed by atoms with van der Waals surface area (Å²) in [6.07, 6.45) is 6.85. The topological polar surface area (TPSA) is 75.3 Å². The van der Waals surface area contributed by atoms with E-state index in [1.807, 2.05) is 6.92 Å². The number of rotatable bonds is 7. The van der Waals surface area contributed by atoms with Crippen LogP contribution in [0.3, 0.4) is 0 Å². The minimum absolute atomic E-state index is 0.0110. The fourth-order valence-corrected chi connectivity index (χ4v) is 2.47. The second kappa shape index (κ2) is 6.97. The second-order valence-electron chi connectivity index (χ2n) is 5.31. The van der Waals surface area contributed by atoms with Crippen LogP contribution in [0.15, 0.2) is 0 Å². The Hall–Kier alpha value is -0.610. The average molecular weight is 242 g/mol. The molecule has 0 bridgehead atoms. The summed E-state index contributed by atoms with van der Waals surface area (Å²) < 4.78 is 0. The van der Waals surface area contributed by atoms with E-state index in [-0.39, 0.29) is 24.0 Å². The van der Waals surface area contributed by atoms with Gasteiger partial charge in [-0.25, -0.2) is 0 Å². The Kier molecular flexibility index (Phi) is 5.92. The predicted octanol–water partition coefficient (Wildman–Crippen LogP) is 1.17. The number of unbranched alkanes of at least 4 members (excludes halogenated alkanes) is 3. The van der Waals surface area contributed by atoms with Gasteiger partial charge in [0.25, 0.3) is 0 Å². The van der Waals surface area contributed by atoms with Crippen LogP contribution in [-0.4, -0.2) is 30.2 Å². The van der Waals surface area contributed by atoms with Gasteiger partial charge in [-0.1, -0.05) is 19.3 Å². The number of amides is 1. The van der Waals surface area contributed by atoms with Gasteiger partial charge in [-0.2, -0.15) is 0 Å². The normalized spacial score (nSPS) is 28.3. The summed E-state index contributed by atoms with van der Waals surface area (Å²) in [6, 6.07) is 0.0110. The van der Waals surface area contributed by atoms with E-state index in [4.69, 9.17) is 10.8 Å². The first kappa shape index (κ1) is 14.5. The molecule has 1 aliphatic carbocycles. The van der Waals surface area contributed by atoms with Gasteiger partial charge >= 0.3 is 0 Å². The number of aliphatic hydroxyl groups excluding tert-OH is 1. The van der Waals surface area contributed by atoms with Crippen LogP contribution in [-0.2, 0) is 4.79 Å². The molecule has 0 aromatic carbocycles. The lowest BCUT2D eigenvalue weighted by Gasteiger charge is -2.27. The number of aliphatic hydroxyl groups is 1. The molecule has 2 unspecified atom stereocenters. The molecule has 0 aromatic heterocycles. The number of hydrogen-bond donors (Lipinski definition) is 3. The molecule has 17 heavy (non-hydrogen) atoms. The number of carbonyl (C=O) groups is 1. The van der Waals surface area contributed by atoms with Gasteiger partial charge in [-0.15, -0.1) is 0 Å². The standard InChI is InChI=1S/C13H26N2O2/c1-13(8-6-7-11(13)14)12(17)15-9-4-2-3-5-10-16/h11,16H,2-10,14H2,1H3,(H,15,17). The smallest absolute Gasteiger partial charge is 0.227 e. The Morgan fingerprint density at radius 1 is 1.41 bits per heavy atom. The van der Waals surface area contributed by atoms with Crippen LogP contribution in [0, 0.1) is 5.41 Å². The molecule has 0 spiro atoms. The third-order valence-corrected chi connectivity index (χ3v) is 3.92. The third-order valence-electron chi connectivity index (χ3n) is 3.92. The molecule has 2 atom stereocenters. The van der Waals surface area contributed by atoms with Gasteiger partial charge in [0, 0.05) is 19.2 Å². The molecule has 4 nitrogen and oxygen atoms in total. The first-order valence-corrected chi connectivity index (χ1v) is 6.76. The first-order valence-electron chi connectivity index (χ1n) is 6.76. The lowest BCUT2D eigenvalue weighted by atomic mass is 9.84. The molecule has 0 heterocycles. The number of nitrogens with two attached hydrogens (primary N) is 1. The van der Waals surface area contributed by atoms with E-state index in [0.717, 1.165) is 51.5 Å². The average Bonchev–Trinajstić information content (AvgIpc) is 2.65. The number of nitrogens with one attached hydrogen (secondary N) is 1. The monoisotopic (exact) mass is 242 g/mol. The first-order chi connectivity index (χ1) is 8.11. The Morgan fingerprint density at radius 2 is 2.12 bits per heavy atom. The van der Waals surface area contributed by atoms with Crippen molar-refractivity contribution in [2.24, 2.45) is 11.1 Å². The molecule has 0 aliphatic heterocycles. The molecule has 0 aromatic rings. The molecule has 1 amide bonds. The van der Waals surface area contributed by atoms with E-state index in [0.29, 0.717) is 0 Å². The molecular weight excluding hydrogens is 216 g/mol. The van der Waals surface area contributed by atoms with Crippen LogP contribution >= 0.6 is 0 Å². The van der Waals surface area contributed by atoms with Crippen LogP contribution in [0.25, 0.3) is 0 Å². The van der Waals surface area contributed by atoms with E-state index >= 15 is 0 Å². The summed E-state index contributed by atoms with van der Waals surface area (Å²) in [5.74, 6) is 0.115. The summed E-state index contributed by atoms with van der Waals surface area (Å²) in [4.78, 5) is 12.0. The number of hydrogen-bond acceptors (Lipinski definition) is 3. The van der Waals surface area contributed by atoms with Crippen LogP contribution in [0.2, 0.25) is 0 Å². The van der Waals surface area contributed by atoms with Gasteiger partial charge in [-0.3, -0.25) is 4.79 Å². The molecule has 1 saturated carbocycles. The third kappa shape index (κ3) is 3.96. The fraction of sp³-hybridized carbons (Fsp3) is 0.923. The lowest BCUT2D eigenvalue weighted by molar-refractivity contribution is -0.130. The van der Waals surface area contributed by atoms with Crippen LogP contribution in [0.5, 0.6) is 0 Å². The summed E-state index contributed by atoms with van der Waals surface area (Å²) >= 11 is 0. The predicted molar refractivity (Wildman–Crippen MR) is 68.5 cm³/mol. The van der Waals surface area contributed by atoms with Crippen molar-refractivity contribution in [2.45, 2.75) is 57.9 Å². The van der Waals surface area contributed by atoms with Crippen LogP contribution in [0.1, 0.15) is 51.9 Å². The van der Waals surface area contributed by atoms with E-state index in [2.05, 4.69) is 5.32 Å². The van der Waals surface area contributed by atoms with Crippen molar-refractivity contribution in [3.05, 3.63) is 0 Å². The maximum Gasteiger partial charge on any atom is 0.227 e. The quantitative estimate of drug-likeness (QED) is 0.587. The van der Waals surface area contributed by atoms with Crippen molar-refractivity contribution < 1.29 is 9.90 Å². The Bertz CT molecular complexity index is 246. The molecule has 1 rings (SSSR count). The molecule has 4 N–H and O–H groups in total. The molecule has 100 valence electrons. The Labute approximate surface area is 104 Å². The van der Waals surface area contributed by atoms with Crippen molar-refractivity contribution in [3.63, 3.8) is 0 Å². The lowest BCUT2D eigenvalue weighted by Crippen LogP contribution is -2.47. The van der Waals surface area contributed by atoms with Gasteiger partial charge in [0.15, 0.2) is 0 Å². The van der Waals surface area contributed by atoms with Crippen LogP contribution in [0.4, 0.5) is 0 Å². The summed E-state index contributed by atoms with van der Waals surface area (Å²) in [5, 5.41) is 11.6. The molecular formula is C13H26N2O2. The highest BCUT2D eigenvalue weighted by molar-refractivity contribution is 5.83. The van der Waals surface area contributed by atoms with E-state index < -0.39 is 0 Å². The zero-order valence-corrected chi connectivity index (χ0v) is 10.9. The fourth-order valence-electron chi connectivity index (χ4n) is 2.47. The molecule has 1 aliphatic rings. The molecule has 1 fully saturated rings. The Morgan fingerprint density at radius 3 is 2.71 bits per heavy atom. The summed E-state index contributed by atoms with van der Waals surface area (Å²) in [5.41, 5.74) is 5.64. The zero-order valence-electron chi connectivity index (χ0n) is 10.9. The van der Waals surface area contributed by atoms with E-state index in [9.17, 15) is 4.79 Å². The molecule has 0 saturated heterocycles. The second-order valence-corrected chi connectivity index (χ2v) is 5.31. The van der Waals surface area contributed by atoms with Crippen molar-refractivity contribution >= 4 is 5.91 Å². The van der Waals surface area contributed by atoms with Gasteiger partial charge in [0.1, 0.15) is 0 Å². The zero-order chi connectivity index (χ0) is 12.7. The SMILES string of the molecule is CC1(C(=O)NCCCCCCO)CCCC1N. The molecule has 4 heteroatoms. The van der Waals surface area contributed by atoms with Crippen molar-refractivity contribution in [1.82, 2.24) is 5.32 Å². The van der Waals surface area contributed by atoms with E-state index in [1.165, 1.54) is 0 Å². The van der Waals surface area contributed by atoms with Crippen LogP contribution < -0.4 is 11.1 Å². The maximum atomic E-state index is 12.0. The van der Waals surface area contributed by atoms with Gasteiger partial charge in [-0.05, 0) is 32.6 Å². The summed E-state index contributed by atoms with van der Waals surface area (Å²) in [7, 11) is 0. The van der Waals surface area contributed by atoms with Crippen molar-refractivity contribution in [3.8, 4) is 0 Å². The maximum absolute atomic E-state index is 12.0. The molecule has 0 radical (unpaired) electrons. The largest absolute Gasteiger partial charge is 0.396 e. The summed E-state index contributed by atoms with van der Waals surface area (Å²) in [6.45, 7) is 2.97. The van der Waals surface area contributed by atoms with Crippen molar-refractivity contribution in [1.29, 1.82) is 0 Å². The highest BCUT2D eigenvalue weighted by Crippen LogP contribution is 2.36. The number of carbonyl (C=O) groups excluding carboxylic acids is 1. The van der Waals surface area contributed by atoms with Gasteiger partial charge in [0.05, 0.1) is 5.41 Å². The minimum Gasteiger partial charge on any atom is -0.396 e. The van der Waals surface area contributed by atoms with Gasteiger partial charge in [0.2, 0.25) is 5.91 Å². The highest BCUT2D eigenvalue weighted by Gasteiger charge is 2.42. The minimum atomic E-state index is -0.356. The Balaban J connectivity index is 2.16.